The van der Waals surface area contributed by atoms with Crippen molar-refractivity contribution in [1.29, 1.82) is 0 Å². The van der Waals surface area contributed by atoms with Crippen molar-refractivity contribution < 1.29 is 14.3 Å². The second-order valence-electron chi connectivity index (χ2n) is 6.62. The first-order valence-corrected chi connectivity index (χ1v) is 8.80. The van der Waals surface area contributed by atoms with Crippen molar-refractivity contribution in [3.63, 3.8) is 0 Å². The molecule has 2 aliphatic heterocycles. The van der Waals surface area contributed by atoms with Gasteiger partial charge in [0.15, 0.2) is 0 Å². The number of esters is 1. The first-order chi connectivity index (χ1) is 12.2. The maximum Gasteiger partial charge on any atom is 0.341 e. The number of nitrogens with zero attached hydrogens (tertiary/aromatic N) is 3. The fraction of sp³-hybridized carbons (Fsp3) is 0.474. The van der Waals surface area contributed by atoms with Gasteiger partial charge in [0.2, 0.25) is 0 Å². The van der Waals surface area contributed by atoms with Crippen LogP contribution in [0.5, 0.6) is 0 Å². The Morgan fingerprint density at radius 1 is 1.36 bits per heavy atom. The van der Waals surface area contributed by atoms with Crippen molar-refractivity contribution in [2.24, 2.45) is 0 Å². The number of benzene rings is 1. The van der Waals surface area contributed by atoms with Gasteiger partial charge in [-0.2, -0.15) is 0 Å². The van der Waals surface area contributed by atoms with Gasteiger partial charge in [0.1, 0.15) is 5.56 Å². The number of hydrogen-bond donors (Lipinski definition) is 0. The Hall–Kier alpha value is -2.18. The van der Waals surface area contributed by atoms with Gasteiger partial charge in [-0.05, 0) is 20.0 Å². The second-order valence-corrected chi connectivity index (χ2v) is 6.62. The molecule has 0 bridgehead atoms. The quantitative estimate of drug-likeness (QED) is 0.795. The summed E-state index contributed by atoms with van der Waals surface area (Å²) in [5.41, 5.74) is 2.33. The minimum absolute atomic E-state index is 0.167. The molecule has 0 aliphatic carbocycles. The Kier molecular flexibility index (Phi) is 4.31. The summed E-state index contributed by atoms with van der Waals surface area (Å²) in [5, 5.41) is 0.981. The highest BCUT2D eigenvalue weighted by Crippen LogP contribution is 2.34. The highest BCUT2D eigenvalue weighted by molar-refractivity contribution is 6.05. The third-order valence-electron chi connectivity index (χ3n) is 5.14. The maximum absolute atomic E-state index is 12.5. The number of aromatic nitrogens is 1. The molecule has 4 rings (SSSR count). The lowest BCUT2D eigenvalue weighted by Gasteiger charge is -2.33. The van der Waals surface area contributed by atoms with Crippen LogP contribution >= 0.6 is 0 Å². The van der Waals surface area contributed by atoms with Crippen LogP contribution in [-0.4, -0.2) is 67.9 Å². The van der Waals surface area contributed by atoms with Crippen molar-refractivity contribution >= 4 is 22.6 Å². The number of fused-ring (bicyclic) bond motifs is 2. The summed E-state index contributed by atoms with van der Waals surface area (Å²) in [6.45, 7) is 5.47. The van der Waals surface area contributed by atoms with Gasteiger partial charge in [-0.3, -0.25) is 9.88 Å². The Labute approximate surface area is 147 Å². The van der Waals surface area contributed by atoms with E-state index in [2.05, 4.69) is 21.8 Å². The first kappa shape index (κ1) is 16.3. The van der Waals surface area contributed by atoms with Gasteiger partial charge in [0, 0.05) is 31.2 Å². The van der Waals surface area contributed by atoms with E-state index in [1.165, 1.54) is 0 Å². The average Bonchev–Trinajstić information content (AvgIpc) is 3.06. The molecule has 2 unspecified atom stereocenters. The molecule has 0 radical (unpaired) electrons. The number of carbonyl (C=O) groups excluding carboxylic acids is 1. The Bertz CT molecular complexity index is 795. The van der Waals surface area contributed by atoms with Crippen molar-refractivity contribution in [3.8, 4) is 0 Å². The van der Waals surface area contributed by atoms with E-state index in [0.717, 1.165) is 42.8 Å². The van der Waals surface area contributed by atoms with Crippen molar-refractivity contribution in [1.82, 2.24) is 9.88 Å². The molecule has 2 aliphatic rings. The summed E-state index contributed by atoms with van der Waals surface area (Å²) in [4.78, 5) is 21.6. The molecule has 0 amide bonds. The van der Waals surface area contributed by atoms with Gasteiger partial charge >= 0.3 is 5.97 Å². The van der Waals surface area contributed by atoms with Crippen LogP contribution in [0.15, 0.2) is 30.5 Å². The standard InChI is InChI=1S/C19H23N3O3/c1-3-24-19(23)14-10-20-15-7-5-4-6-13(15)18(14)22-11-16-17(12-22)25-9-8-21(16)2/h4-7,10,16-17H,3,8-9,11-12H2,1-2H3. The van der Waals surface area contributed by atoms with Gasteiger partial charge in [0.05, 0.1) is 36.6 Å². The summed E-state index contributed by atoms with van der Waals surface area (Å²) >= 11 is 0. The Morgan fingerprint density at radius 3 is 3.00 bits per heavy atom. The zero-order valence-corrected chi connectivity index (χ0v) is 14.6. The van der Waals surface area contributed by atoms with E-state index in [1.807, 2.05) is 31.2 Å². The van der Waals surface area contributed by atoms with Gasteiger partial charge < -0.3 is 14.4 Å². The highest BCUT2D eigenvalue weighted by Gasteiger charge is 2.40. The minimum Gasteiger partial charge on any atom is -0.462 e. The molecule has 1 aromatic carbocycles. The fourth-order valence-electron chi connectivity index (χ4n) is 3.87. The van der Waals surface area contributed by atoms with Crippen LogP contribution in [0, 0.1) is 0 Å². The van der Waals surface area contributed by atoms with E-state index < -0.39 is 0 Å². The van der Waals surface area contributed by atoms with Gasteiger partial charge in [-0.1, -0.05) is 18.2 Å². The third-order valence-corrected chi connectivity index (χ3v) is 5.14. The lowest BCUT2D eigenvalue weighted by molar-refractivity contribution is -0.0362. The second kappa shape index (κ2) is 6.61. The SMILES string of the molecule is CCOC(=O)c1cnc2ccccc2c1N1CC2OCCN(C)C2C1. The molecule has 3 heterocycles. The maximum atomic E-state index is 12.5. The van der Waals surface area contributed by atoms with Crippen LogP contribution in [0.4, 0.5) is 5.69 Å². The molecule has 1 aromatic heterocycles. The lowest BCUT2D eigenvalue weighted by Crippen LogP contribution is -2.48. The van der Waals surface area contributed by atoms with Crippen LogP contribution in [0.2, 0.25) is 0 Å². The number of likely N-dealkylation sites (N-methyl/N-ethyl adjacent to an activating group) is 1. The molecule has 0 saturated carbocycles. The highest BCUT2D eigenvalue weighted by atomic mass is 16.5. The number of ether oxygens (including phenoxy) is 2. The van der Waals surface area contributed by atoms with Crippen molar-refractivity contribution in [2.75, 3.05) is 44.8 Å². The number of carbonyl (C=O) groups is 1. The molecule has 2 aromatic rings. The molecule has 0 spiro atoms. The van der Waals surface area contributed by atoms with E-state index in [0.29, 0.717) is 18.2 Å². The fourth-order valence-corrected chi connectivity index (χ4v) is 3.87. The van der Waals surface area contributed by atoms with E-state index >= 15 is 0 Å². The van der Waals surface area contributed by atoms with Crippen LogP contribution in [0.3, 0.4) is 0 Å². The Balaban J connectivity index is 1.79. The molecule has 2 atom stereocenters. The number of anilines is 1. The summed E-state index contributed by atoms with van der Waals surface area (Å²) in [6.07, 6.45) is 1.81. The smallest absolute Gasteiger partial charge is 0.341 e. The molecular formula is C19H23N3O3. The predicted molar refractivity (Wildman–Crippen MR) is 96.1 cm³/mol. The number of hydrogen-bond acceptors (Lipinski definition) is 6. The molecule has 2 fully saturated rings. The topological polar surface area (TPSA) is 54.9 Å². The van der Waals surface area contributed by atoms with Crippen LogP contribution in [0.1, 0.15) is 17.3 Å². The summed E-state index contributed by atoms with van der Waals surface area (Å²) in [6, 6.07) is 8.28. The lowest BCUT2D eigenvalue weighted by atomic mass is 10.1. The zero-order chi connectivity index (χ0) is 17.4. The van der Waals surface area contributed by atoms with E-state index in [1.54, 1.807) is 6.20 Å². The van der Waals surface area contributed by atoms with E-state index in [4.69, 9.17) is 9.47 Å². The predicted octanol–water partition coefficient (Wildman–Crippen LogP) is 1.93. The molecule has 25 heavy (non-hydrogen) atoms. The summed E-state index contributed by atoms with van der Waals surface area (Å²) in [7, 11) is 2.14. The number of pyridine rings is 1. The minimum atomic E-state index is -0.320. The molecule has 6 nitrogen and oxygen atoms in total. The summed E-state index contributed by atoms with van der Waals surface area (Å²) < 4.78 is 11.2. The number of para-hydroxylation sites is 1. The van der Waals surface area contributed by atoms with E-state index in [9.17, 15) is 4.79 Å². The van der Waals surface area contributed by atoms with Crippen molar-refractivity contribution in [2.45, 2.75) is 19.1 Å². The average molecular weight is 341 g/mol. The number of morpholine rings is 1. The van der Waals surface area contributed by atoms with Crippen LogP contribution in [-0.2, 0) is 9.47 Å². The molecule has 2 saturated heterocycles. The van der Waals surface area contributed by atoms with E-state index in [-0.39, 0.29) is 12.1 Å². The molecular weight excluding hydrogens is 318 g/mol. The monoisotopic (exact) mass is 341 g/mol. The third kappa shape index (κ3) is 2.85. The normalized spacial score (nSPS) is 23.7. The van der Waals surface area contributed by atoms with Gasteiger partial charge in [0.25, 0.3) is 0 Å². The molecule has 0 N–H and O–H groups in total. The van der Waals surface area contributed by atoms with Crippen LogP contribution < -0.4 is 4.90 Å². The number of rotatable bonds is 3. The summed E-state index contributed by atoms with van der Waals surface area (Å²) in [5.74, 6) is -0.320. The molecule has 132 valence electrons. The largest absolute Gasteiger partial charge is 0.462 e. The zero-order valence-electron chi connectivity index (χ0n) is 14.6. The van der Waals surface area contributed by atoms with Crippen LogP contribution in [0.25, 0.3) is 10.9 Å². The van der Waals surface area contributed by atoms with Crippen molar-refractivity contribution in [3.05, 3.63) is 36.0 Å². The Morgan fingerprint density at radius 2 is 2.20 bits per heavy atom. The van der Waals surface area contributed by atoms with Gasteiger partial charge in [-0.25, -0.2) is 4.79 Å². The molecule has 6 heteroatoms. The first-order valence-electron chi connectivity index (χ1n) is 8.80. The van der Waals surface area contributed by atoms with Gasteiger partial charge in [-0.15, -0.1) is 0 Å².